The van der Waals surface area contributed by atoms with Gasteiger partial charge in [-0.15, -0.1) is 0 Å². The third-order valence-electron chi connectivity index (χ3n) is 6.85. The highest BCUT2D eigenvalue weighted by Crippen LogP contribution is 2.35. The lowest BCUT2D eigenvalue weighted by Gasteiger charge is -2.29. The van der Waals surface area contributed by atoms with E-state index in [0.717, 1.165) is 39.9 Å². The molecule has 11 heteroatoms. The smallest absolute Gasteiger partial charge is 0.137 e. The minimum Gasteiger partial charge on any atom is -0.382 e. The van der Waals surface area contributed by atoms with E-state index in [0.29, 0.717) is 12.2 Å². The molecule has 0 saturated carbocycles. The van der Waals surface area contributed by atoms with Gasteiger partial charge in [0.2, 0.25) is 0 Å². The first kappa shape index (κ1) is 26.4. The molecule has 0 aliphatic heterocycles. The SMILES string of the molecule is O[C@@](CNCc1ccc2c(-c3ccncc3)c(-c3ccc(F)cc3)nn2c1)(Cn1cncn1)c1ccc(F)cc1F. The Labute approximate surface area is 232 Å². The van der Waals surface area contributed by atoms with Gasteiger partial charge in [0.25, 0.3) is 0 Å². The zero-order valence-electron chi connectivity index (χ0n) is 21.6. The van der Waals surface area contributed by atoms with Crippen LogP contribution in [0.3, 0.4) is 0 Å². The summed E-state index contributed by atoms with van der Waals surface area (Å²) < 4.78 is 45.1. The maximum absolute atomic E-state index is 14.7. The van der Waals surface area contributed by atoms with Gasteiger partial charge in [-0.3, -0.25) is 4.98 Å². The molecule has 2 N–H and O–H groups in total. The predicted octanol–water partition coefficient (Wildman–Crippen LogP) is 4.75. The van der Waals surface area contributed by atoms with E-state index in [9.17, 15) is 18.3 Å². The second kappa shape index (κ2) is 11.0. The molecule has 4 heterocycles. The zero-order valence-corrected chi connectivity index (χ0v) is 21.6. The van der Waals surface area contributed by atoms with Crippen molar-refractivity contribution < 1.29 is 18.3 Å². The first-order valence-corrected chi connectivity index (χ1v) is 12.8. The van der Waals surface area contributed by atoms with Gasteiger partial charge in [0.1, 0.15) is 41.4 Å². The number of halogens is 3. The maximum atomic E-state index is 14.7. The molecule has 4 aromatic heterocycles. The van der Waals surface area contributed by atoms with E-state index in [2.05, 4.69) is 20.4 Å². The van der Waals surface area contributed by atoms with E-state index in [-0.39, 0.29) is 24.5 Å². The number of hydrogen-bond acceptors (Lipinski definition) is 6. The lowest BCUT2D eigenvalue weighted by atomic mass is 9.92. The second-order valence-electron chi connectivity index (χ2n) is 9.69. The number of fused-ring (bicyclic) bond motifs is 1. The Morgan fingerprint density at radius 2 is 1.63 bits per heavy atom. The highest BCUT2D eigenvalue weighted by molar-refractivity contribution is 5.92. The van der Waals surface area contributed by atoms with Gasteiger partial charge in [-0.05, 0) is 59.7 Å². The summed E-state index contributed by atoms with van der Waals surface area (Å²) >= 11 is 0. The van der Waals surface area contributed by atoms with Crippen molar-refractivity contribution >= 4 is 5.52 Å². The van der Waals surface area contributed by atoms with Crippen LogP contribution < -0.4 is 5.32 Å². The Bertz CT molecular complexity index is 1790. The van der Waals surface area contributed by atoms with E-state index in [1.807, 2.05) is 30.5 Å². The predicted molar refractivity (Wildman–Crippen MR) is 146 cm³/mol. The number of pyridine rings is 2. The average Bonchev–Trinajstić information content (AvgIpc) is 3.61. The van der Waals surface area contributed by atoms with Crippen LogP contribution in [0.4, 0.5) is 13.2 Å². The van der Waals surface area contributed by atoms with Gasteiger partial charge in [-0.25, -0.2) is 27.4 Å². The van der Waals surface area contributed by atoms with Crippen molar-refractivity contribution in [3.8, 4) is 22.4 Å². The van der Waals surface area contributed by atoms with Gasteiger partial charge in [-0.2, -0.15) is 10.2 Å². The first-order valence-electron chi connectivity index (χ1n) is 12.8. The van der Waals surface area contributed by atoms with Gasteiger partial charge in [0, 0.05) is 54.4 Å². The van der Waals surface area contributed by atoms with Gasteiger partial charge < -0.3 is 10.4 Å². The molecule has 0 spiro atoms. The summed E-state index contributed by atoms with van der Waals surface area (Å²) in [5.41, 5.74) is 3.13. The van der Waals surface area contributed by atoms with Crippen LogP contribution in [0.1, 0.15) is 11.1 Å². The number of aromatic nitrogens is 6. The van der Waals surface area contributed by atoms with E-state index in [4.69, 9.17) is 5.10 Å². The fraction of sp³-hybridized carbons (Fsp3) is 0.133. The van der Waals surface area contributed by atoms with Crippen LogP contribution in [0.2, 0.25) is 0 Å². The van der Waals surface area contributed by atoms with Crippen molar-refractivity contribution in [2.75, 3.05) is 6.54 Å². The van der Waals surface area contributed by atoms with Crippen molar-refractivity contribution in [2.24, 2.45) is 0 Å². The van der Waals surface area contributed by atoms with Gasteiger partial charge >= 0.3 is 0 Å². The number of aliphatic hydroxyl groups is 1. The number of nitrogens with one attached hydrogen (secondary N) is 1. The standard InChI is InChI=1S/C30H24F3N7O/c31-23-4-2-22(3-5-23)29-28(21-9-11-34-12-10-21)27-8-1-20(15-40(27)38-29)14-35-16-30(41,17-39-19-36-18-37-39)25-7-6-24(32)13-26(25)33/h1-13,15,18-19,35,41H,14,16-17H2/t30-/m0/s1. The summed E-state index contributed by atoms with van der Waals surface area (Å²) in [6.45, 7) is 0.154. The normalized spacial score (nSPS) is 13.0. The van der Waals surface area contributed by atoms with Crippen LogP contribution in [0.15, 0.2) is 98.0 Å². The van der Waals surface area contributed by atoms with Crippen LogP contribution in [0.25, 0.3) is 27.9 Å². The van der Waals surface area contributed by atoms with Crippen LogP contribution >= 0.6 is 0 Å². The summed E-state index contributed by atoms with van der Waals surface area (Å²) in [4.78, 5) is 8.00. The summed E-state index contributed by atoms with van der Waals surface area (Å²) in [6, 6.07) is 16.9. The van der Waals surface area contributed by atoms with E-state index in [1.165, 1.54) is 35.5 Å². The van der Waals surface area contributed by atoms with Crippen LogP contribution in [0, 0.1) is 17.5 Å². The lowest BCUT2D eigenvalue weighted by molar-refractivity contribution is 0.0117. The molecule has 0 aliphatic carbocycles. The topological polar surface area (TPSA) is 93.2 Å². The van der Waals surface area contributed by atoms with Gasteiger partial charge in [0.15, 0.2) is 0 Å². The quantitative estimate of drug-likeness (QED) is 0.268. The van der Waals surface area contributed by atoms with Gasteiger partial charge in [-0.1, -0.05) is 12.1 Å². The van der Waals surface area contributed by atoms with Crippen molar-refractivity contribution in [2.45, 2.75) is 18.7 Å². The molecule has 0 aliphatic rings. The Kier molecular flexibility index (Phi) is 7.04. The molecule has 1 atom stereocenters. The Morgan fingerprint density at radius 3 is 2.37 bits per heavy atom. The molecule has 0 saturated heterocycles. The third kappa shape index (κ3) is 5.45. The largest absolute Gasteiger partial charge is 0.382 e. The Balaban J connectivity index is 1.29. The number of benzene rings is 2. The molecule has 0 unspecified atom stereocenters. The molecular weight excluding hydrogens is 531 g/mol. The zero-order chi connectivity index (χ0) is 28.4. The second-order valence-corrected chi connectivity index (χ2v) is 9.69. The molecule has 6 rings (SSSR count). The molecule has 0 radical (unpaired) electrons. The van der Waals surface area contributed by atoms with Gasteiger partial charge in [0.05, 0.1) is 12.1 Å². The molecular formula is C30H24F3N7O. The van der Waals surface area contributed by atoms with E-state index in [1.54, 1.807) is 29.0 Å². The van der Waals surface area contributed by atoms with Crippen LogP contribution in [-0.4, -0.2) is 41.0 Å². The number of rotatable bonds is 9. The van der Waals surface area contributed by atoms with E-state index >= 15 is 0 Å². The summed E-state index contributed by atoms with van der Waals surface area (Å²) in [6.07, 6.45) is 7.99. The summed E-state index contributed by atoms with van der Waals surface area (Å²) in [5.74, 6) is -1.93. The number of hydrogen-bond donors (Lipinski definition) is 2. The monoisotopic (exact) mass is 555 g/mol. The maximum Gasteiger partial charge on any atom is 0.137 e. The van der Waals surface area contributed by atoms with Crippen molar-refractivity contribution in [1.29, 1.82) is 0 Å². The molecule has 0 amide bonds. The molecule has 2 aromatic carbocycles. The van der Waals surface area contributed by atoms with Crippen LogP contribution in [-0.2, 0) is 18.7 Å². The fourth-order valence-electron chi connectivity index (χ4n) is 4.91. The van der Waals surface area contributed by atoms with Crippen molar-refractivity contribution in [3.05, 3.63) is 127 Å². The Hall–Kier alpha value is -4.87. The summed E-state index contributed by atoms with van der Waals surface area (Å²) in [7, 11) is 0. The molecule has 0 fully saturated rings. The third-order valence-corrected chi connectivity index (χ3v) is 6.85. The minimum absolute atomic E-state index is 0.0599. The molecule has 6 aromatic rings. The average molecular weight is 556 g/mol. The van der Waals surface area contributed by atoms with Crippen molar-refractivity contribution in [3.63, 3.8) is 0 Å². The highest BCUT2D eigenvalue weighted by Gasteiger charge is 2.33. The van der Waals surface area contributed by atoms with Crippen LogP contribution in [0.5, 0.6) is 0 Å². The minimum atomic E-state index is -1.74. The first-order chi connectivity index (χ1) is 19.9. The lowest BCUT2D eigenvalue weighted by Crippen LogP contribution is -2.42. The molecule has 0 bridgehead atoms. The fourth-order valence-corrected chi connectivity index (χ4v) is 4.91. The molecule has 206 valence electrons. The molecule has 8 nitrogen and oxygen atoms in total. The summed E-state index contributed by atoms with van der Waals surface area (Å²) in [5, 5.41) is 23.6. The number of nitrogens with zero attached hydrogens (tertiary/aromatic N) is 6. The molecule has 41 heavy (non-hydrogen) atoms. The van der Waals surface area contributed by atoms with E-state index < -0.39 is 17.2 Å². The van der Waals surface area contributed by atoms with Crippen molar-refractivity contribution in [1.82, 2.24) is 34.7 Å². The Morgan fingerprint density at radius 1 is 0.854 bits per heavy atom. The highest BCUT2D eigenvalue weighted by atomic mass is 19.1.